The van der Waals surface area contributed by atoms with Crippen LogP contribution in [-0.2, 0) is 25.3 Å². The second kappa shape index (κ2) is 18.6. The molecule has 1 aromatic carbocycles. The predicted octanol–water partition coefficient (Wildman–Crippen LogP) is 10.2. The van der Waals surface area contributed by atoms with Crippen LogP contribution >= 0.6 is 11.3 Å². The predicted molar refractivity (Wildman–Crippen MR) is 200 cm³/mol. The van der Waals surface area contributed by atoms with E-state index in [0.717, 1.165) is 41.1 Å². The summed E-state index contributed by atoms with van der Waals surface area (Å²) in [5.74, 6) is 0.0688. The Bertz CT molecular complexity index is 1280. The molecule has 2 rings (SSSR count). The van der Waals surface area contributed by atoms with Crippen LogP contribution in [0.25, 0.3) is 6.08 Å². The largest absolute Gasteiger partial charge is 0.458 e. The van der Waals surface area contributed by atoms with Crippen LogP contribution in [0, 0.1) is 24.2 Å². The van der Waals surface area contributed by atoms with Crippen molar-refractivity contribution in [2.45, 2.75) is 138 Å². The zero-order valence-corrected chi connectivity index (χ0v) is 33.1. The number of hydrogen-bond acceptors (Lipinski definition) is 7. The van der Waals surface area contributed by atoms with E-state index in [9.17, 15) is 9.90 Å². The first-order valence-corrected chi connectivity index (χ1v) is 21.0. The van der Waals surface area contributed by atoms with E-state index in [4.69, 9.17) is 13.9 Å². The molecule has 0 fully saturated rings. The molecule has 0 unspecified atom stereocenters. The van der Waals surface area contributed by atoms with Gasteiger partial charge in [0.1, 0.15) is 6.10 Å². The number of esters is 1. The first-order valence-electron chi connectivity index (χ1n) is 17.2. The summed E-state index contributed by atoms with van der Waals surface area (Å²) in [4.78, 5) is 16.3. The van der Waals surface area contributed by atoms with Crippen LogP contribution in [0.4, 0.5) is 0 Å². The molecule has 1 heterocycles. The molecule has 8 heteroatoms. The van der Waals surface area contributed by atoms with Crippen molar-refractivity contribution in [3.05, 3.63) is 69.7 Å². The summed E-state index contributed by atoms with van der Waals surface area (Å²) < 4.78 is 19.5. The van der Waals surface area contributed by atoms with Crippen molar-refractivity contribution >= 4 is 31.7 Å². The summed E-state index contributed by atoms with van der Waals surface area (Å²) in [7, 11) is -2.13. The Kier molecular flexibility index (Phi) is 16.3. The number of allylic oxidation sites excluding steroid dienone is 1. The third-order valence-electron chi connectivity index (χ3n) is 9.62. The Balaban J connectivity index is 2.16. The minimum atomic E-state index is -2.13. The highest BCUT2D eigenvalue weighted by Crippen LogP contribution is 2.43. The van der Waals surface area contributed by atoms with Gasteiger partial charge in [-0.25, -0.2) is 4.98 Å². The maximum absolute atomic E-state index is 11.8. The Morgan fingerprint density at radius 2 is 1.72 bits per heavy atom. The molecular formula is C39H63NO5SSi. The summed E-state index contributed by atoms with van der Waals surface area (Å²) >= 11 is 1.61. The van der Waals surface area contributed by atoms with Gasteiger partial charge < -0.3 is 19.0 Å². The second-order valence-electron chi connectivity index (χ2n) is 15.5. The van der Waals surface area contributed by atoms with Gasteiger partial charge in [-0.3, -0.25) is 4.79 Å². The third kappa shape index (κ3) is 13.4. The van der Waals surface area contributed by atoms with Crippen molar-refractivity contribution in [1.82, 2.24) is 4.98 Å². The Morgan fingerprint density at radius 3 is 2.28 bits per heavy atom. The molecule has 0 saturated heterocycles. The molecular weight excluding hydrogens is 623 g/mol. The van der Waals surface area contributed by atoms with E-state index in [1.54, 1.807) is 11.3 Å². The number of aryl methyl sites for hydroxylation is 1. The minimum absolute atomic E-state index is 0.0461. The quantitative estimate of drug-likeness (QED) is 0.0686. The van der Waals surface area contributed by atoms with Gasteiger partial charge in [-0.1, -0.05) is 91.0 Å². The van der Waals surface area contributed by atoms with Crippen LogP contribution in [0.5, 0.6) is 0 Å². The van der Waals surface area contributed by atoms with Crippen molar-refractivity contribution in [1.29, 1.82) is 0 Å². The van der Waals surface area contributed by atoms with Crippen LogP contribution in [0.3, 0.4) is 0 Å². The number of carbonyl (C=O) groups is 1. The number of benzene rings is 1. The summed E-state index contributed by atoms with van der Waals surface area (Å²) in [6.45, 7) is 26.2. The lowest BCUT2D eigenvalue weighted by atomic mass is 9.75. The lowest BCUT2D eigenvalue weighted by Gasteiger charge is -2.48. The topological polar surface area (TPSA) is 77.9 Å². The highest BCUT2D eigenvalue weighted by Gasteiger charge is 2.46. The van der Waals surface area contributed by atoms with E-state index in [0.29, 0.717) is 13.0 Å². The highest BCUT2D eigenvalue weighted by atomic mass is 32.1. The first-order chi connectivity index (χ1) is 21.9. The number of unbranched alkanes of at least 4 members (excludes halogenated alkanes) is 1. The summed E-state index contributed by atoms with van der Waals surface area (Å²) in [5, 5.41) is 13.6. The fraction of sp³-hybridized carbons (Fsp3) is 0.641. The van der Waals surface area contributed by atoms with Gasteiger partial charge in [-0.15, -0.1) is 11.3 Å². The molecule has 0 aliphatic rings. The van der Waals surface area contributed by atoms with Crippen molar-refractivity contribution in [3.63, 3.8) is 0 Å². The molecule has 47 heavy (non-hydrogen) atoms. The highest BCUT2D eigenvalue weighted by molar-refractivity contribution is 7.09. The number of thiazole rings is 1. The molecule has 1 aromatic heterocycles. The number of nitrogens with zero attached hydrogens (tertiary/aromatic N) is 1. The number of aliphatic hydroxyl groups excluding tert-OH is 1. The molecule has 0 saturated carbocycles. The fourth-order valence-corrected chi connectivity index (χ4v) is 7.79. The maximum Gasteiger partial charge on any atom is 0.303 e. The maximum atomic E-state index is 11.8. The van der Waals surface area contributed by atoms with E-state index < -0.39 is 13.7 Å². The average Bonchev–Trinajstić information content (AvgIpc) is 3.40. The van der Waals surface area contributed by atoms with Gasteiger partial charge in [0.05, 0.1) is 36.1 Å². The average molecular weight is 686 g/mol. The zero-order valence-electron chi connectivity index (χ0n) is 31.3. The minimum Gasteiger partial charge on any atom is -0.458 e. The van der Waals surface area contributed by atoms with Gasteiger partial charge in [0.2, 0.25) is 0 Å². The summed E-state index contributed by atoms with van der Waals surface area (Å²) in [6.07, 6.45) is 9.38. The van der Waals surface area contributed by atoms with E-state index in [1.807, 2.05) is 43.5 Å². The van der Waals surface area contributed by atoms with E-state index >= 15 is 0 Å². The van der Waals surface area contributed by atoms with Crippen LogP contribution in [0.15, 0.2) is 53.4 Å². The Labute approximate surface area is 291 Å². The van der Waals surface area contributed by atoms with Gasteiger partial charge in [0, 0.05) is 30.1 Å². The molecule has 0 amide bonds. The Hall–Kier alpha value is -2.10. The molecule has 0 spiro atoms. The standard InChI is InChI=1S/C39H63NO5SSi/c1-28(20-16-13-14-19-23-35(44-32(5)42)29(2)24-34-26-46-31(4)40-34)36(43-25-33-21-17-15-18-22-33)30(3)37(39(9,10)27-41)45-47(11,12)38(6,7)8/h14-15,17-19,21-22,24,26,28,30,35-37,41H,13,16,20,23,25,27H2,1-12H3/b19-14-,29-24+/t28-,30+,35-,36-,37+/m0/s1. The third-order valence-corrected chi connectivity index (χ3v) is 14.9. The molecule has 6 nitrogen and oxygen atoms in total. The molecule has 1 N–H and O–H groups in total. The Morgan fingerprint density at radius 1 is 1.06 bits per heavy atom. The van der Waals surface area contributed by atoms with Crippen LogP contribution in [0.1, 0.15) is 104 Å². The van der Waals surface area contributed by atoms with Gasteiger partial charge in [0.25, 0.3) is 0 Å². The number of ether oxygens (including phenoxy) is 2. The number of hydrogen-bond donors (Lipinski definition) is 1. The van der Waals surface area contributed by atoms with Crippen LogP contribution < -0.4 is 0 Å². The molecule has 264 valence electrons. The molecule has 5 atom stereocenters. The lowest BCUT2D eigenvalue weighted by Crippen LogP contribution is -2.54. The van der Waals surface area contributed by atoms with Crippen LogP contribution in [0.2, 0.25) is 18.1 Å². The summed E-state index contributed by atoms with van der Waals surface area (Å²) in [6, 6.07) is 10.3. The first kappa shape index (κ1) is 41.1. The smallest absolute Gasteiger partial charge is 0.303 e. The van der Waals surface area contributed by atoms with Crippen molar-refractivity contribution in [3.8, 4) is 0 Å². The monoisotopic (exact) mass is 685 g/mol. The fourth-order valence-electron chi connectivity index (χ4n) is 5.70. The molecule has 0 aliphatic heterocycles. The molecule has 0 bridgehead atoms. The van der Waals surface area contributed by atoms with Crippen molar-refractivity contribution in [2.75, 3.05) is 6.61 Å². The van der Waals surface area contributed by atoms with Gasteiger partial charge in [0.15, 0.2) is 8.32 Å². The normalized spacial score (nSPS) is 16.6. The van der Waals surface area contributed by atoms with E-state index in [1.165, 1.54) is 6.92 Å². The van der Waals surface area contributed by atoms with Gasteiger partial charge >= 0.3 is 5.97 Å². The lowest BCUT2D eigenvalue weighted by molar-refractivity contribution is -0.144. The van der Waals surface area contributed by atoms with Crippen LogP contribution in [-0.4, -0.2) is 49.3 Å². The zero-order chi connectivity index (χ0) is 35.4. The number of aromatic nitrogens is 1. The second-order valence-corrected chi connectivity index (χ2v) is 21.3. The SMILES string of the molecule is CC(=O)O[C@@H](C/C=C\CCC[C@H](C)[C@H](OCc1ccccc1)[C@@H](C)[C@@H](O[Si](C)(C)C(C)(C)C)C(C)(C)CO)/C(C)=C/c1csc(C)n1. The molecule has 0 radical (unpaired) electrons. The number of rotatable bonds is 19. The van der Waals surface area contributed by atoms with E-state index in [-0.39, 0.29) is 47.8 Å². The number of aliphatic hydroxyl groups is 1. The van der Waals surface area contributed by atoms with Crippen molar-refractivity contribution in [2.24, 2.45) is 17.3 Å². The van der Waals surface area contributed by atoms with E-state index in [2.05, 4.69) is 90.8 Å². The summed E-state index contributed by atoms with van der Waals surface area (Å²) in [5.41, 5.74) is 2.61. The van der Waals surface area contributed by atoms with Gasteiger partial charge in [-0.05, 0) is 74.4 Å². The van der Waals surface area contributed by atoms with Gasteiger partial charge in [-0.2, -0.15) is 0 Å². The van der Waals surface area contributed by atoms with Crippen molar-refractivity contribution < 1.29 is 23.8 Å². The number of carbonyl (C=O) groups excluding carboxylic acids is 1. The molecule has 0 aliphatic carbocycles. The molecule has 2 aromatic rings.